The number of hydrogen-bond acceptors (Lipinski definition) is 6. The molecule has 1 aliphatic heterocycles. The Bertz CT molecular complexity index is 1510. The zero-order chi connectivity index (χ0) is 31.6. The molecule has 1 unspecified atom stereocenters. The van der Waals surface area contributed by atoms with Crippen LogP contribution in [0.5, 0.6) is 0 Å². The highest BCUT2D eigenvalue weighted by Gasteiger charge is 2.45. The summed E-state index contributed by atoms with van der Waals surface area (Å²) in [7, 11) is 3.47. The summed E-state index contributed by atoms with van der Waals surface area (Å²) in [6, 6.07) is 17.2. The first-order chi connectivity index (χ1) is 21.0. The van der Waals surface area contributed by atoms with Gasteiger partial charge in [0.15, 0.2) is 0 Å². The van der Waals surface area contributed by atoms with E-state index in [1.807, 2.05) is 79.7 Å². The maximum atomic E-state index is 13.7. The molecule has 8 nitrogen and oxygen atoms in total. The minimum atomic E-state index is -1.35. The van der Waals surface area contributed by atoms with Crippen LogP contribution in [0, 0.1) is 0 Å². The summed E-state index contributed by atoms with van der Waals surface area (Å²) in [5.74, 6) is -0.265. The van der Waals surface area contributed by atoms with Gasteiger partial charge in [-0.2, -0.15) is 0 Å². The fourth-order valence-electron chi connectivity index (χ4n) is 6.25. The van der Waals surface area contributed by atoms with Gasteiger partial charge in [-0.3, -0.25) is 9.59 Å². The molecule has 2 heterocycles. The second kappa shape index (κ2) is 13.4. The van der Waals surface area contributed by atoms with E-state index in [1.54, 1.807) is 19.0 Å². The number of rotatable bonds is 8. The molecule has 0 spiro atoms. The monoisotopic (exact) mass is 616 g/mol. The van der Waals surface area contributed by atoms with Crippen LogP contribution in [0.15, 0.2) is 54.6 Å². The molecule has 44 heavy (non-hydrogen) atoms. The molecule has 0 radical (unpaired) electrons. The summed E-state index contributed by atoms with van der Waals surface area (Å²) in [5, 5.41) is 13.3. The first kappa shape index (κ1) is 32.2. The van der Waals surface area contributed by atoms with Gasteiger partial charge >= 0.3 is 0 Å². The number of amides is 2. The highest BCUT2D eigenvalue weighted by molar-refractivity contribution is 7.90. The number of carbonyl (C=O) groups is 2. The van der Waals surface area contributed by atoms with E-state index < -0.39 is 16.1 Å². The standard InChI is InChI=1S/C35H44N4O4S/c1-35(2,3)44(43)39-22-27-21-29(33(41)36-28-15-7-6-8-16-28)37-32(31(27)30(39)17-18-40)25-13-9-11-23(19-25)24-12-10-14-26(20-24)34(42)38(4)5/h9-14,19-21,28,30,40H,6-8,15-18,22H2,1-5H3,(H,36,41)/t30-,44?/m1/s1. The van der Waals surface area contributed by atoms with Gasteiger partial charge in [0.25, 0.3) is 11.8 Å². The van der Waals surface area contributed by atoms with E-state index in [4.69, 9.17) is 4.98 Å². The average molecular weight is 617 g/mol. The van der Waals surface area contributed by atoms with Crippen molar-refractivity contribution < 1.29 is 19.2 Å². The Morgan fingerprint density at radius 2 is 1.68 bits per heavy atom. The molecule has 2 atom stereocenters. The molecule has 1 aliphatic carbocycles. The van der Waals surface area contributed by atoms with Crippen molar-refractivity contribution in [1.29, 1.82) is 0 Å². The van der Waals surface area contributed by atoms with Crippen LogP contribution >= 0.6 is 0 Å². The molecule has 2 N–H and O–H groups in total. The Labute approximate surface area is 264 Å². The van der Waals surface area contributed by atoms with Crippen molar-refractivity contribution in [2.75, 3.05) is 20.7 Å². The molecule has 1 aromatic heterocycles. The van der Waals surface area contributed by atoms with E-state index in [9.17, 15) is 19.2 Å². The van der Waals surface area contributed by atoms with E-state index in [-0.39, 0.29) is 30.5 Å². The van der Waals surface area contributed by atoms with Crippen molar-refractivity contribution in [3.05, 3.63) is 77.0 Å². The zero-order valence-corrected chi connectivity index (χ0v) is 27.2. The second-order valence-corrected chi connectivity index (χ2v) is 15.3. The Hall–Kier alpha value is -3.24. The predicted molar refractivity (Wildman–Crippen MR) is 175 cm³/mol. The molecule has 9 heteroatoms. The normalized spacial score (nSPS) is 18.1. The van der Waals surface area contributed by atoms with Gasteiger partial charge in [-0.15, -0.1) is 4.31 Å². The highest BCUT2D eigenvalue weighted by atomic mass is 32.2. The van der Waals surface area contributed by atoms with E-state index in [2.05, 4.69) is 5.32 Å². The van der Waals surface area contributed by atoms with Gasteiger partial charge in [0.1, 0.15) is 10.4 Å². The maximum absolute atomic E-state index is 13.7. The Balaban J connectivity index is 1.61. The van der Waals surface area contributed by atoms with Crippen LogP contribution in [0.1, 0.15) is 97.3 Å². The lowest BCUT2D eigenvalue weighted by molar-refractivity contribution is 0.0827. The van der Waals surface area contributed by atoms with Crippen LogP contribution in [-0.4, -0.2) is 67.2 Å². The van der Waals surface area contributed by atoms with E-state index >= 15 is 0 Å². The number of aliphatic hydroxyl groups excluding tert-OH is 1. The number of hydrogen-bond donors (Lipinski definition) is 2. The van der Waals surface area contributed by atoms with Crippen molar-refractivity contribution >= 4 is 23.2 Å². The number of fused-ring (bicyclic) bond motifs is 1. The number of nitrogens with one attached hydrogen (secondary N) is 1. The highest BCUT2D eigenvalue weighted by Crippen LogP contribution is 2.45. The van der Waals surface area contributed by atoms with Crippen molar-refractivity contribution in [3.63, 3.8) is 0 Å². The van der Waals surface area contributed by atoms with Crippen molar-refractivity contribution in [1.82, 2.24) is 19.5 Å². The lowest BCUT2D eigenvalue weighted by Crippen LogP contribution is -2.42. The van der Waals surface area contributed by atoms with Crippen LogP contribution in [0.4, 0.5) is 0 Å². The molecular weight excluding hydrogens is 572 g/mol. The third-order valence-corrected chi connectivity index (χ3v) is 10.3. The molecule has 1 fully saturated rings. The van der Waals surface area contributed by atoms with Crippen LogP contribution in [0.25, 0.3) is 22.4 Å². The fraction of sp³-hybridized carbons (Fsp3) is 0.457. The number of benzene rings is 2. The van der Waals surface area contributed by atoms with Crippen LogP contribution < -0.4 is 5.32 Å². The molecule has 234 valence electrons. The largest absolute Gasteiger partial charge is 0.597 e. The van der Waals surface area contributed by atoms with E-state index in [0.29, 0.717) is 29.9 Å². The maximum Gasteiger partial charge on any atom is 0.270 e. The summed E-state index contributed by atoms with van der Waals surface area (Å²) < 4.78 is 15.2. The van der Waals surface area contributed by atoms with Gasteiger partial charge in [0.2, 0.25) is 0 Å². The summed E-state index contributed by atoms with van der Waals surface area (Å²) in [6.45, 7) is 6.17. The molecular formula is C35H44N4O4S. The molecule has 0 saturated heterocycles. The van der Waals surface area contributed by atoms with Gasteiger partial charge < -0.3 is 19.9 Å². The number of nitrogens with zero attached hydrogens (tertiary/aromatic N) is 3. The van der Waals surface area contributed by atoms with E-state index in [1.165, 1.54) is 6.42 Å². The predicted octanol–water partition coefficient (Wildman–Crippen LogP) is 5.88. The SMILES string of the molecule is CN(C)C(=O)c1cccc(-c2cccc(-c3nc(C(=O)NC4CCCCC4)cc4c3[C@@H](CCO)N([S+]([O-])C(C)(C)C)C4)c2)c1. The summed E-state index contributed by atoms with van der Waals surface area (Å²) >= 11 is -1.35. The van der Waals surface area contributed by atoms with Crippen LogP contribution in [0.2, 0.25) is 0 Å². The third kappa shape index (κ3) is 6.86. The molecule has 0 bridgehead atoms. The lowest BCUT2D eigenvalue weighted by atomic mass is 9.93. The molecule has 5 rings (SSSR count). The Morgan fingerprint density at radius 1 is 1.02 bits per heavy atom. The first-order valence-corrected chi connectivity index (χ1v) is 16.6. The number of carbonyl (C=O) groups excluding carboxylic acids is 2. The third-order valence-electron chi connectivity index (χ3n) is 8.45. The van der Waals surface area contributed by atoms with Gasteiger partial charge in [-0.1, -0.05) is 49.6 Å². The topological polar surface area (TPSA) is 109 Å². The minimum absolute atomic E-state index is 0.0713. The van der Waals surface area contributed by atoms with Gasteiger partial charge in [0, 0.05) is 54.8 Å². The molecule has 3 aromatic rings. The summed E-state index contributed by atoms with van der Waals surface area (Å²) in [6.07, 6.45) is 5.75. The minimum Gasteiger partial charge on any atom is -0.597 e. The second-order valence-electron chi connectivity index (χ2n) is 13.1. The zero-order valence-electron chi connectivity index (χ0n) is 26.4. The Kier molecular flexibility index (Phi) is 9.80. The average Bonchev–Trinajstić information content (AvgIpc) is 3.38. The number of pyridine rings is 1. The molecule has 1 saturated carbocycles. The number of aliphatic hydroxyl groups is 1. The van der Waals surface area contributed by atoms with Gasteiger partial charge in [-0.25, -0.2) is 4.98 Å². The van der Waals surface area contributed by atoms with Crippen molar-refractivity contribution in [2.45, 2.75) is 82.7 Å². The summed E-state index contributed by atoms with van der Waals surface area (Å²) in [4.78, 5) is 32.8. The molecule has 2 aromatic carbocycles. The van der Waals surface area contributed by atoms with Crippen molar-refractivity contribution in [2.24, 2.45) is 0 Å². The quantitative estimate of drug-likeness (QED) is 0.306. The smallest absolute Gasteiger partial charge is 0.270 e. The lowest BCUT2D eigenvalue weighted by Gasteiger charge is -2.33. The van der Waals surface area contributed by atoms with E-state index in [0.717, 1.165) is 53.5 Å². The molecule has 2 aliphatic rings. The van der Waals surface area contributed by atoms with Crippen LogP contribution in [-0.2, 0) is 17.9 Å². The first-order valence-electron chi connectivity index (χ1n) is 15.5. The fourth-order valence-corrected chi connectivity index (χ4v) is 7.65. The van der Waals surface area contributed by atoms with Gasteiger partial charge in [-0.05, 0) is 81.0 Å². The molecule has 2 amide bonds. The van der Waals surface area contributed by atoms with Crippen LogP contribution in [0.3, 0.4) is 0 Å². The number of aromatic nitrogens is 1. The summed E-state index contributed by atoms with van der Waals surface area (Å²) in [5.41, 5.74) is 6.04. The Morgan fingerprint density at radius 3 is 2.34 bits per heavy atom. The van der Waals surface area contributed by atoms with Crippen molar-refractivity contribution in [3.8, 4) is 22.4 Å². The van der Waals surface area contributed by atoms with Gasteiger partial charge in [0.05, 0.1) is 18.3 Å².